The van der Waals surface area contributed by atoms with E-state index >= 15 is 0 Å². The lowest BCUT2D eigenvalue weighted by Gasteiger charge is -1.98. The fourth-order valence-electron chi connectivity index (χ4n) is 1.34. The fraction of sp³-hybridized carbons (Fsp3) is 0.182. The molecule has 0 aromatic carbocycles. The third-order valence-electron chi connectivity index (χ3n) is 1.99. The third-order valence-corrected chi connectivity index (χ3v) is 1.99. The molecule has 2 rings (SSSR count). The van der Waals surface area contributed by atoms with Gasteiger partial charge in [0.05, 0.1) is 0 Å². The van der Waals surface area contributed by atoms with E-state index in [1.165, 1.54) is 0 Å². The van der Waals surface area contributed by atoms with Crippen LogP contribution in [0.25, 0.3) is 5.69 Å². The number of pyridine rings is 1. The highest BCUT2D eigenvalue weighted by molar-refractivity contribution is 5.22. The normalized spacial score (nSPS) is 10.1. The van der Waals surface area contributed by atoms with Crippen molar-refractivity contribution in [2.24, 2.45) is 0 Å². The number of nitrogens with zero attached hydrogens (tertiary/aromatic N) is 3. The Morgan fingerprint density at radius 1 is 1.29 bits per heavy atom. The smallest absolute Gasteiger partial charge is 0.261 e. The van der Waals surface area contributed by atoms with Crippen molar-refractivity contribution in [1.29, 1.82) is 0 Å². The molecule has 0 atom stereocenters. The van der Waals surface area contributed by atoms with Gasteiger partial charge in [-0.05, 0) is 13.8 Å². The van der Waals surface area contributed by atoms with Crippen molar-refractivity contribution in [2.45, 2.75) is 13.8 Å². The summed E-state index contributed by atoms with van der Waals surface area (Å²) in [4.78, 5) is 8.29. The second kappa shape index (κ2) is 3.54. The van der Waals surface area contributed by atoms with Crippen molar-refractivity contribution < 1.29 is 4.57 Å². The van der Waals surface area contributed by atoms with Crippen LogP contribution in [0.15, 0.2) is 37.1 Å². The Kier molecular flexibility index (Phi) is 2.23. The molecule has 0 saturated heterocycles. The van der Waals surface area contributed by atoms with Crippen LogP contribution < -0.4 is 4.57 Å². The minimum absolute atomic E-state index is 1.01. The molecule has 2 aromatic heterocycles. The molecule has 0 aliphatic rings. The van der Waals surface area contributed by atoms with Gasteiger partial charge in [0.1, 0.15) is 18.1 Å². The lowest BCUT2D eigenvalue weighted by Crippen LogP contribution is -2.30. The van der Waals surface area contributed by atoms with E-state index in [4.69, 9.17) is 0 Å². The van der Waals surface area contributed by atoms with Gasteiger partial charge in [0, 0.05) is 29.6 Å². The van der Waals surface area contributed by atoms with Crippen molar-refractivity contribution in [3.63, 3.8) is 0 Å². The second-order valence-electron chi connectivity index (χ2n) is 3.33. The first-order valence-electron chi connectivity index (χ1n) is 4.51. The highest BCUT2D eigenvalue weighted by atomic mass is 15.0. The Bertz CT molecular complexity index is 408. The van der Waals surface area contributed by atoms with Crippen LogP contribution in [0.2, 0.25) is 0 Å². The molecule has 0 aliphatic carbocycles. The molecule has 0 N–H and O–H groups in total. The van der Waals surface area contributed by atoms with Crippen LogP contribution in [0.4, 0.5) is 0 Å². The van der Waals surface area contributed by atoms with Crippen LogP contribution in [0.1, 0.15) is 11.3 Å². The van der Waals surface area contributed by atoms with Crippen molar-refractivity contribution >= 4 is 0 Å². The topological polar surface area (TPSA) is 29.7 Å². The highest BCUT2D eigenvalue weighted by Gasteiger charge is 2.02. The van der Waals surface area contributed by atoms with E-state index in [0.29, 0.717) is 0 Å². The molecular weight excluding hydrogens is 174 g/mol. The zero-order chi connectivity index (χ0) is 9.97. The largest absolute Gasteiger partial charge is 0.291 e. The summed E-state index contributed by atoms with van der Waals surface area (Å²) in [7, 11) is 0. The summed E-state index contributed by atoms with van der Waals surface area (Å²) in [6.45, 7) is 4.00. The molecule has 3 nitrogen and oxygen atoms in total. The summed E-state index contributed by atoms with van der Waals surface area (Å²) in [5.74, 6) is 0. The fourth-order valence-corrected chi connectivity index (χ4v) is 1.34. The van der Waals surface area contributed by atoms with Crippen molar-refractivity contribution in [3.8, 4) is 5.69 Å². The van der Waals surface area contributed by atoms with E-state index in [1.54, 1.807) is 12.5 Å². The van der Waals surface area contributed by atoms with Gasteiger partial charge in [0.2, 0.25) is 0 Å². The molecule has 2 heterocycles. The number of aromatic nitrogens is 3. The van der Waals surface area contributed by atoms with Crippen LogP contribution >= 0.6 is 0 Å². The van der Waals surface area contributed by atoms with E-state index in [2.05, 4.69) is 9.97 Å². The Balaban J connectivity index is 2.49. The summed E-state index contributed by atoms with van der Waals surface area (Å²) in [5, 5.41) is 0. The second-order valence-corrected chi connectivity index (χ2v) is 3.33. The average Bonchev–Trinajstić information content (AvgIpc) is 2.18. The summed E-state index contributed by atoms with van der Waals surface area (Å²) in [5.41, 5.74) is 3.24. The molecule has 0 fully saturated rings. The molecule has 70 valence electrons. The zero-order valence-electron chi connectivity index (χ0n) is 8.31. The van der Waals surface area contributed by atoms with Crippen LogP contribution in [-0.4, -0.2) is 9.97 Å². The van der Waals surface area contributed by atoms with E-state index < -0.39 is 0 Å². The predicted octanol–water partition coefficient (Wildman–Crippen LogP) is 1.37. The summed E-state index contributed by atoms with van der Waals surface area (Å²) in [6.07, 6.45) is 7.48. The minimum Gasteiger partial charge on any atom is -0.261 e. The monoisotopic (exact) mass is 186 g/mol. The van der Waals surface area contributed by atoms with Gasteiger partial charge >= 0.3 is 0 Å². The van der Waals surface area contributed by atoms with Crippen molar-refractivity contribution in [2.75, 3.05) is 0 Å². The van der Waals surface area contributed by atoms with Crippen molar-refractivity contribution in [3.05, 3.63) is 48.3 Å². The lowest BCUT2D eigenvalue weighted by molar-refractivity contribution is -0.599. The maximum absolute atomic E-state index is 4.15. The Morgan fingerprint density at radius 3 is 2.86 bits per heavy atom. The summed E-state index contributed by atoms with van der Waals surface area (Å²) >= 11 is 0. The molecule has 3 heteroatoms. The van der Waals surface area contributed by atoms with E-state index in [9.17, 15) is 0 Å². The number of aryl methyl sites for hydroxylation is 2. The molecule has 0 spiro atoms. The number of hydrogen-bond acceptors (Lipinski definition) is 2. The van der Waals surface area contributed by atoms with Gasteiger partial charge in [0.15, 0.2) is 0 Å². The molecule has 0 unspecified atom stereocenters. The summed E-state index contributed by atoms with van der Waals surface area (Å²) in [6, 6.07) is 4.00. The van der Waals surface area contributed by atoms with E-state index in [0.717, 1.165) is 16.9 Å². The lowest BCUT2D eigenvalue weighted by atomic mass is 10.3. The molecular formula is C11H12N3+. The Morgan fingerprint density at radius 2 is 2.14 bits per heavy atom. The first-order valence-corrected chi connectivity index (χ1v) is 4.51. The Hall–Kier alpha value is -1.77. The molecule has 0 radical (unpaired) electrons. The molecule has 0 aliphatic heterocycles. The SMILES string of the molecule is Cc1cnc[n+](-c2ccnc(C)c2)c1. The first-order chi connectivity index (χ1) is 6.75. The third kappa shape index (κ3) is 1.76. The van der Waals surface area contributed by atoms with Gasteiger partial charge in [-0.3, -0.25) is 4.98 Å². The summed E-state index contributed by atoms with van der Waals surface area (Å²) < 4.78 is 1.99. The molecule has 2 aromatic rings. The predicted molar refractivity (Wildman–Crippen MR) is 53.0 cm³/mol. The number of hydrogen-bond donors (Lipinski definition) is 0. The zero-order valence-corrected chi connectivity index (χ0v) is 8.31. The maximum Gasteiger partial charge on any atom is 0.291 e. The van der Waals surface area contributed by atoms with Gasteiger partial charge < -0.3 is 0 Å². The molecule has 14 heavy (non-hydrogen) atoms. The van der Waals surface area contributed by atoms with E-state index in [1.807, 2.05) is 42.9 Å². The van der Waals surface area contributed by atoms with Crippen LogP contribution in [-0.2, 0) is 0 Å². The number of rotatable bonds is 1. The molecule has 0 bridgehead atoms. The highest BCUT2D eigenvalue weighted by Crippen LogP contribution is 1.99. The average molecular weight is 186 g/mol. The van der Waals surface area contributed by atoms with Crippen molar-refractivity contribution in [1.82, 2.24) is 9.97 Å². The van der Waals surface area contributed by atoms with Crippen LogP contribution in [0.5, 0.6) is 0 Å². The molecule has 0 amide bonds. The van der Waals surface area contributed by atoms with Gasteiger partial charge in [-0.2, -0.15) is 0 Å². The minimum atomic E-state index is 1.01. The van der Waals surface area contributed by atoms with E-state index in [-0.39, 0.29) is 0 Å². The van der Waals surface area contributed by atoms with Crippen LogP contribution in [0.3, 0.4) is 0 Å². The molecule has 0 saturated carbocycles. The quantitative estimate of drug-likeness (QED) is 0.629. The van der Waals surface area contributed by atoms with Gasteiger partial charge in [-0.25, -0.2) is 4.57 Å². The van der Waals surface area contributed by atoms with Gasteiger partial charge in [-0.1, -0.05) is 4.98 Å². The standard InChI is InChI=1S/C11H12N3/c1-9-6-12-8-14(7-9)11-3-4-13-10(2)5-11/h3-8H,1-2H3/q+1. The maximum atomic E-state index is 4.15. The van der Waals surface area contributed by atoms with Crippen LogP contribution in [0, 0.1) is 13.8 Å². The Labute approximate surface area is 83.1 Å². The first kappa shape index (κ1) is 8.81. The van der Waals surface area contributed by atoms with Gasteiger partial charge in [0.25, 0.3) is 6.33 Å². The van der Waals surface area contributed by atoms with Gasteiger partial charge in [-0.15, -0.1) is 0 Å².